The van der Waals surface area contributed by atoms with Crippen molar-refractivity contribution < 1.29 is 9.53 Å². The Balaban J connectivity index is 1.33. The number of thioether (sulfide) groups is 1. The highest BCUT2D eigenvalue weighted by Crippen LogP contribution is 2.35. The van der Waals surface area contributed by atoms with Crippen LogP contribution in [0, 0.1) is 6.92 Å². The Morgan fingerprint density at radius 3 is 2.91 bits per heavy atom. The predicted octanol–water partition coefficient (Wildman–Crippen LogP) is 5.63. The Morgan fingerprint density at radius 2 is 2.12 bits per heavy atom. The fourth-order valence-electron chi connectivity index (χ4n) is 3.79. The third-order valence-corrected chi connectivity index (χ3v) is 7.80. The molecule has 1 aromatic carbocycles. The van der Waals surface area contributed by atoms with Gasteiger partial charge in [0.05, 0.1) is 10.8 Å². The standard InChI is InChI=1S/C23H27ClN6O2S2/c1-3-11-30-19(13-32-18-12-15(2)9-10-17(18)24)26-29-23(30)33-14-20(31)25-22-28-27-21(34-22)16-7-5-4-6-8-16/h3,9-10,12,16H,1,4-8,11,13-14H2,2H3,(H,25,28,31). The second-order valence-corrected chi connectivity index (χ2v) is 10.5. The third kappa shape index (κ3) is 6.37. The topological polar surface area (TPSA) is 94.8 Å². The van der Waals surface area contributed by atoms with E-state index >= 15 is 0 Å². The number of halogens is 1. The minimum atomic E-state index is -0.158. The van der Waals surface area contributed by atoms with Gasteiger partial charge in [-0.05, 0) is 37.5 Å². The van der Waals surface area contributed by atoms with E-state index in [9.17, 15) is 4.79 Å². The molecule has 11 heteroatoms. The highest BCUT2D eigenvalue weighted by molar-refractivity contribution is 7.99. The molecule has 0 unspecified atom stereocenters. The van der Waals surface area contributed by atoms with Gasteiger partial charge in [-0.25, -0.2) is 0 Å². The van der Waals surface area contributed by atoms with Gasteiger partial charge in [0, 0.05) is 12.5 Å². The van der Waals surface area contributed by atoms with Crippen LogP contribution in [0.1, 0.15) is 54.4 Å². The quantitative estimate of drug-likeness (QED) is 0.274. The molecular formula is C23H27ClN6O2S2. The Hall–Kier alpha value is -2.43. The van der Waals surface area contributed by atoms with Crippen LogP contribution in [0.15, 0.2) is 36.0 Å². The van der Waals surface area contributed by atoms with Gasteiger partial charge in [0.15, 0.2) is 11.0 Å². The molecule has 8 nitrogen and oxygen atoms in total. The molecule has 1 aliphatic rings. The van der Waals surface area contributed by atoms with Crippen molar-refractivity contribution in [2.45, 2.75) is 63.3 Å². The van der Waals surface area contributed by atoms with E-state index in [0.29, 0.717) is 39.3 Å². The SMILES string of the molecule is C=CCn1c(COc2cc(C)ccc2Cl)nnc1SCC(=O)Nc1nnc(C2CCCCC2)s1. The van der Waals surface area contributed by atoms with Crippen LogP contribution in [0.3, 0.4) is 0 Å². The second-order valence-electron chi connectivity index (χ2n) is 8.14. The van der Waals surface area contributed by atoms with Crippen LogP contribution in [-0.2, 0) is 17.9 Å². The van der Waals surface area contributed by atoms with Crippen molar-refractivity contribution >= 4 is 45.7 Å². The molecule has 1 aliphatic carbocycles. The van der Waals surface area contributed by atoms with E-state index in [1.807, 2.05) is 23.6 Å². The molecule has 0 atom stereocenters. The lowest BCUT2D eigenvalue weighted by atomic mass is 9.90. The summed E-state index contributed by atoms with van der Waals surface area (Å²) in [5, 5.41) is 22.5. The zero-order valence-electron chi connectivity index (χ0n) is 19.0. The van der Waals surface area contributed by atoms with Crippen molar-refractivity contribution in [1.29, 1.82) is 0 Å². The number of anilines is 1. The smallest absolute Gasteiger partial charge is 0.236 e. The summed E-state index contributed by atoms with van der Waals surface area (Å²) in [5.41, 5.74) is 1.05. The number of allylic oxidation sites excluding steroid dienone is 1. The first-order valence-corrected chi connectivity index (χ1v) is 13.4. The zero-order chi connectivity index (χ0) is 23.9. The molecule has 0 spiro atoms. The number of benzene rings is 1. The molecule has 180 valence electrons. The average molecular weight is 519 g/mol. The van der Waals surface area contributed by atoms with Crippen molar-refractivity contribution in [2.24, 2.45) is 0 Å². The number of carbonyl (C=O) groups is 1. The molecule has 34 heavy (non-hydrogen) atoms. The maximum Gasteiger partial charge on any atom is 0.236 e. The number of aryl methyl sites for hydroxylation is 1. The van der Waals surface area contributed by atoms with Crippen LogP contribution in [0.4, 0.5) is 5.13 Å². The van der Waals surface area contributed by atoms with Crippen LogP contribution in [-0.4, -0.2) is 36.6 Å². The van der Waals surface area contributed by atoms with E-state index in [-0.39, 0.29) is 18.3 Å². The van der Waals surface area contributed by atoms with Crippen molar-refractivity contribution in [2.75, 3.05) is 11.1 Å². The van der Waals surface area contributed by atoms with E-state index in [2.05, 4.69) is 32.3 Å². The van der Waals surface area contributed by atoms with Gasteiger partial charge in [0.1, 0.15) is 17.4 Å². The lowest BCUT2D eigenvalue weighted by molar-refractivity contribution is -0.113. The summed E-state index contributed by atoms with van der Waals surface area (Å²) in [6, 6.07) is 5.61. The molecular weight excluding hydrogens is 492 g/mol. The number of ether oxygens (including phenoxy) is 1. The summed E-state index contributed by atoms with van der Waals surface area (Å²) >= 11 is 9.00. The van der Waals surface area contributed by atoms with Gasteiger partial charge in [-0.3, -0.25) is 14.7 Å². The van der Waals surface area contributed by atoms with Crippen LogP contribution < -0.4 is 10.1 Å². The van der Waals surface area contributed by atoms with E-state index < -0.39 is 0 Å². The molecule has 4 rings (SSSR count). The number of nitrogens with one attached hydrogen (secondary N) is 1. The highest BCUT2D eigenvalue weighted by atomic mass is 35.5. The number of amides is 1. The lowest BCUT2D eigenvalue weighted by Gasteiger charge is -2.18. The van der Waals surface area contributed by atoms with Gasteiger partial charge in [0.25, 0.3) is 0 Å². The zero-order valence-corrected chi connectivity index (χ0v) is 21.4. The van der Waals surface area contributed by atoms with Gasteiger partial charge in [-0.1, -0.05) is 66.1 Å². The minimum Gasteiger partial charge on any atom is -0.484 e. The van der Waals surface area contributed by atoms with Gasteiger partial charge >= 0.3 is 0 Å². The Morgan fingerprint density at radius 1 is 1.29 bits per heavy atom. The summed E-state index contributed by atoms with van der Waals surface area (Å²) in [6.45, 7) is 6.49. The molecule has 1 amide bonds. The summed E-state index contributed by atoms with van der Waals surface area (Å²) < 4.78 is 7.74. The summed E-state index contributed by atoms with van der Waals surface area (Å²) in [4.78, 5) is 12.5. The van der Waals surface area contributed by atoms with E-state index in [0.717, 1.165) is 23.4 Å². The molecule has 1 saturated carbocycles. The molecule has 0 radical (unpaired) electrons. The van der Waals surface area contributed by atoms with Crippen molar-refractivity contribution in [3.63, 3.8) is 0 Å². The largest absolute Gasteiger partial charge is 0.484 e. The first-order chi connectivity index (χ1) is 16.5. The molecule has 1 fully saturated rings. The third-order valence-electron chi connectivity index (χ3n) is 5.52. The van der Waals surface area contributed by atoms with Gasteiger partial charge in [-0.2, -0.15) is 0 Å². The van der Waals surface area contributed by atoms with Crippen LogP contribution in [0.2, 0.25) is 5.02 Å². The summed E-state index contributed by atoms with van der Waals surface area (Å²) in [5.74, 6) is 1.71. The Labute approximate surface area is 212 Å². The first kappa shape index (κ1) is 24.7. The lowest BCUT2D eigenvalue weighted by Crippen LogP contribution is -2.15. The number of rotatable bonds is 10. The predicted molar refractivity (Wildman–Crippen MR) is 136 cm³/mol. The van der Waals surface area contributed by atoms with Gasteiger partial charge in [-0.15, -0.1) is 27.0 Å². The fraction of sp³-hybridized carbons (Fsp3) is 0.435. The first-order valence-electron chi connectivity index (χ1n) is 11.2. The fourth-order valence-corrected chi connectivity index (χ4v) is 5.66. The molecule has 0 aliphatic heterocycles. The monoisotopic (exact) mass is 518 g/mol. The highest BCUT2D eigenvalue weighted by Gasteiger charge is 2.21. The minimum absolute atomic E-state index is 0.158. The summed E-state index contributed by atoms with van der Waals surface area (Å²) in [6.07, 6.45) is 7.82. The Kier molecular flexibility index (Phi) is 8.58. The average Bonchev–Trinajstić information content (AvgIpc) is 3.46. The Bertz CT molecular complexity index is 1140. The van der Waals surface area contributed by atoms with Crippen LogP contribution in [0.25, 0.3) is 0 Å². The number of hydrogen-bond acceptors (Lipinski definition) is 8. The van der Waals surface area contributed by atoms with Crippen molar-refractivity contribution in [3.8, 4) is 5.75 Å². The molecule has 2 aromatic heterocycles. The van der Waals surface area contributed by atoms with E-state index in [1.54, 1.807) is 12.1 Å². The van der Waals surface area contributed by atoms with Crippen molar-refractivity contribution in [1.82, 2.24) is 25.0 Å². The number of hydrogen-bond donors (Lipinski definition) is 1. The maximum absolute atomic E-state index is 12.5. The normalized spacial score (nSPS) is 14.2. The van der Waals surface area contributed by atoms with Crippen molar-refractivity contribution in [3.05, 3.63) is 52.3 Å². The van der Waals surface area contributed by atoms with E-state index in [1.165, 1.54) is 42.4 Å². The van der Waals surface area contributed by atoms with Crippen LogP contribution >= 0.6 is 34.7 Å². The molecule has 0 saturated heterocycles. The number of nitrogens with zero attached hydrogens (tertiary/aromatic N) is 5. The molecule has 3 aromatic rings. The second kappa shape index (κ2) is 11.8. The number of carbonyl (C=O) groups excluding carboxylic acids is 1. The molecule has 2 heterocycles. The maximum atomic E-state index is 12.5. The van der Waals surface area contributed by atoms with Gasteiger partial charge < -0.3 is 4.74 Å². The number of aromatic nitrogens is 5. The van der Waals surface area contributed by atoms with E-state index in [4.69, 9.17) is 16.3 Å². The molecule has 0 bridgehead atoms. The molecule has 1 N–H and O–H groups in total. The van der Waals surface area contributed by atoms with Crippen LogP contribution in [0.5, 0.6) is 5.75 Å². The summed E-state index contributed by atoms with van der Waals surface area (Å²) in [7, 11) is 0. The van der Waals surface area contributed by atoms with Gasteiger partial charge in [0.2, 0.25) is 11.0 Å².